The minimum absolute atomic E-state index is 0.220. The van der Waals surface area contributed by atoms with Crippen molar-refractivity contribution in [3.8, 4) is 11.3 Å². The molecular weight excluding hydrogens is 596 g/mol. The third-order valence-corrected chi connectivity index (χ3v) is 9.08. The van der Waals surface area contributed by atoms with Crippen molar-refractivity contribution in [2.45, 2.75) is 44.4 Å². The summed E-state index contributed by atoms with van der Waals surface area (Å²) in [6, 6.07) is 9.91. The minimum atomic E-state index is -0.777. The SMILES string of the molecule is C[C@H](C(=O)N[C@H](CO)c1cccc(N2CCN(C)CC2)n1)N1Cc2ccc(-c3nc(NC4CCOCC4)ncc3Cl)cc2C1=O. The first-order valence-corrected chi connectivity index (χ1v) is 15.8. The van der Waals surface area contributed by atoms with Crippen LogP contribution in [0.1, 0.15) is 47.4 Å². The van der Waals surface area contributed by atoms with E-state index in [0.29, 0.717) is 46.7 Å². The molecule has 0 radical (unpaired) electrons. The number of aliphatic hydroxyl groups is 1. The number of halogens is 1. The number of pyridine rings is 1. The molecule has 238 valence electrons. The van der Waals surface area contributed by atoms with E-state index in [1.54, 1.807) is 25.3 Å². The van der Waals surface area contributed by atoms with Gasteiger partial charge in [0.25, 0.3) is 5.91 Å². The predicted molar refractivity (Wildman–Crippen MR) is 171 cm³/mol. The molecule has 5 heterocycles. The van der Waals surface area contributed by atoms with E-state index in [-0.39, 0.29) is 31.0 Å². The molecule has 0 spiro atoms. The van der Waals surface area contributed by atoms with E-state index in [1.165, 1.54) is 4.90 Å². The monoisotopic (exact) mass is 634 g/mol. The number of nitrogens with zero attached hydrogens (tertiary/aromatic N) is 6. The Balaban J connectivity index is 1.13. The average Bonchev–Trinajstić information content (AvgIpc) is 3.40. The van der Waals surface area contributed by atoms with Crippen molar-refractivity contribution in [2.24, 2.45) is 0 Å². The van der Waals surface area contributed by atoms with Crippen molar-refractivity contribution in [3.63, 3.8) is 0 Å². The number of rotatable bonds is 9. The normalized spacial score (nSPS) is 18.9. The molecule has 0 bridgehead atoms. The molecule has 0 saturated carbocycles. The van der Waals surface area contributed by atoms with Crippen LogP contribution in [-0.2, 0) is 16.1 Å². The third-order valence-electron chi connectivity index (χ3n) is 8.80. The van der Waals surface area contributed by atoms with Crippen LogP contribution >= 0.6 is 11.6 Å². The maximum atomic E-state index is 13.6. The zero-order valence-electron chi connectivity index (χ0n) is 25.6. The Hall–Kier alpha value is -3.84. The fourth-order valence-corrected chi connectivity index (χ4v) is 6.14. The van der Waals surface area contributed by atoms with Gasteiger partial charge in [-0.1, -0.05) is 29.8 Å². The van der Waals surface area contributed by atoms with Gasteiger partial charge in [-0.15, -0.1) is 0 Å². The Labute approximate surface area is 267 Å². The number of ether oxygens (including phenoxy) is 1. The summed E-state index contributed by atoms with van der Waals surface area (Å²) in [7, 11) is 2.10. The third kappa shape index (κ3) is 6.89. The lowest BCUT2D eigenvalue weighted by atomic mass is 10.0. The van der Waals surface area contributed by atoms with Crippen LogP contribution in [0.4, 0.5) is 11.8 Å². The number of hydrogen-bond donors (Lipinski definition) is 3. The number of aromatic nitrogens is 3. The van der Waals surface area contributed by atoms with E-state index < -0.39 is 12.1 Å². The van der Waals surface area contributed by atoms with E-state index in [0.717, 1.165) is 50.4 Å². The van der Waals surface area contributed by atoms with Crippen molar-refractivity contribution in [3.05, 3.63) is 64.4 Å². The number of anilines is 2. The summed E-state index contributed by atoms with van der Waals surface area (Å²) in [5.74, 6) is 0.667. The van der Waals surface area contributed by atoms with Crippen LogP contribution in [0, 0.1) is 0 Å². The molecule has 3 aliphatic heterocycles. The van der Waals surface area contributed by atoms with E-state index >= 15 is 0 Å². The predicted octanol–water partition coefficient (Wildman–Crippen LogP) is 2.73. The highest BCUT2D eigenvalue weighted by molar-refractivity contribution is 6.33. The number of piperazine rings is 1. The van der Waals surface area contributed by atoms with Crippen molar-refractivity contribution < 1.29 is 19.4 Å². The highest BCUT2D eigenvalue weighted by atomic mass is 35.5. The smallest absolute Gasteiger partial charge is 0.255 e. The van der Waals surface area contributed by atoms with Crippen molar-refractivity contribution in [1.82, 2.24) is 30.1 Å². The highest BCUT2D eigenvalue weighted by Crippen LogP contribution is 2.32. The Morgan fingerprint density at radius 2 is 1.91 bits per heavy atom. The van der Waals surface area contributed by atoms with Gasteiger partial charge in [0.15, 0.2) is 0 Å². The number of hydrogen-bond acceptors (Lipinski definition) is 10. The fraction of sp³-hybridized carbons (Fsp3) is 0.469. The molecule has 6 rings (SSSR count). The zero-order valence-corrected chi connectivity index (χ0v) is 26.3. The summed E-state index contributed by atoms with van der Waals surface area (Å²) in [5, 5.41) is 16.8. The molecule has 1 aromatic carbocycles. The van der Waals surface area contributed by atoms with Gasteiger partial charge in [0, 0.05) is 63.1 Å². The van der Waals surface area contributed by atoms with Crippen LogP contribution in [0.2, 0.25) is 5.02 Å². The lowest BCUT2D eigenvalue weighted by Gasteiger charge is -2.33. The van der Waals surface area contributed by atoms with Gasteiger partial charge < -0.3 is 35.2 Å². The van der Waals surface area contributed by atoms with Crippen LogP contribution in [0.3, 0.4) is 0 Å². The van der Waals surface area contributed by atoms with Gasteiger partial charge in [-0.3, -0.25) is 9.59 Å². The molecular formula is C32H39ClN8O4. The summed E-state index contributed by atoms with van der Waals surface area (Å²) < 4.78 is 5.44. The van der Waals surface area contributed by atoms with Gasteiger partial charge >= 0.3 is 0 Å². The first-order chi connectivity index (χ1) is 21.8. The van der Waals surface area contributed by atoms with Gasteiger partial charge in [-0.2, -0.15) is 0 Å². The molecule has 3 aliphatic rings. The number of likely N-dealkylation sites (N-methyl/N-ethyl adjacent to an activating group) is 1. The summed E-state index contributed by atoms with van der Waals surface area (Å²) in [4.78, 5) is 46.8. The Morgan fingerprint density at radius 3 is 2.67 bits per heavy atom. The van der Waals surface area contributed by atoms with Crippen LogP contribution < -0.4 is 15.5 Å². The topological polar surface area (TPSA) is 136 Å². The molecule has 2 saturated heterocycles. The summed E-state index contributed by atoms with van der Waals surface area (Å²) in [6.07, 6.45) is 3.30. The first kappa shape index (κ1) is 31.2. The molecule has 12 nitrogen and oxygen atoms in total. The average molecular weight is 635 g/mol. The maximum absolute atomic E-state index is 13.6. The lowest BCUT2D eigenvalue weighted by Crippen LogP contribution is -2.47. The first-order valence-electron chi connectivity index (χ1n) is 15.4. The van der Waals surface area contributed by atoms with Crippen molar-refractivity contribution in [1.29, 1.82) is 0 Å². The standard InChI is InChI=1S/C32H39ClN8O4/c1-20(30(43)37-27(19-42)26-4-3-5-28(36-26)40-12-10-39(2)11-13-40)41-18-22-7-6-21(16-24(22)31(41)44)29-25(33)17-34-32(38-29)35-23-8-14-45-15-9-23/h3-7,16-17,20,23,27,42H,8-15,18-19H2,1-2H3,(H,37,43)(H,34,35,38)/t20-,27-/m1/s1. The molecule has 3 N–H and O–H groups in total. The molecule has 2 atom stereocenters. The number of benzene rings is 1. The van der Waals surface area contributed by atoms with Gasteiger partial charge in [0.1, 0.15) is 11.9 Å². The van der Waals surface area contributed by atoms with Crippen LogP contribution in [0.5, 0.6) is 0 Å². The summed E-state index contributed by atoms with van der Waals surface area (Å²) in [5.41, 5.74) is 3.10. The molecule has 45 heavy (non-hydrogen) atoms. The van der Waals surface area contributed by atoms with E-state index in [2.05, 4.69) is 37.4 Å². The number of fused-ring (bicyclic) bond motifs is 1. The molecule has 13 heteroatoms. The quantitative estimate of drug-likeness (QED) is 0.322. The van der Waals surface area contributed by atoms with Crippen LogP contribution in [-0.4, -0.2) is 107 Å². The number of nitrogens with one attached hydrogen (secondary N) is 2. The number of carbonyl (C=O) groups excluding carboxylic acids is 2. The van der Waals surface area contributed by atoms with Crippen LogP contribution in [0.15, 0.2) is 42.6 Å². The zero-order chi connectivity index (χ0) is 31.5. The second kappa shape index (κ2) is 13.7. The van der Waals surface area contributed by atoms with Crippen LogP contribution in [0.25, 0.3) is 11.3 Å². The number of aliphatic hydroxyl groups excluding tert-OH is 1. The van der Waals surface area contributed by atoms with Crippen molar-refractivity contribution >= 4 is 35.2 Å². The van der Waals surface area contributed by atoms with Gasteiger partial charge in [-0.05, 0) is 50.6 Å². The van der Waals surface area contributed by atoms with E-state index in [1.807, 2.05) is 24.3 Å². The molecule has 2 fully saturated rings. The van der Waals surface area contributed by atoms with E-state index in [9.17, 15) is 14.7 Å². The fourth-order valence-electron chi connectivity index (χ4n) is 5.94. The Bertz CT molecular complexity index is 1540. The molecule has 0 unspecified atom stereocenters. The number of amides is 2. The van der Waals surface area contributed by atoms with Gasteiger partial charge in [-0.25, -0.2) is 15.0 Å². The van der Waals surface area contributed by atoms with Gasteiger partial charge in [0.2, 0.25) is 11.9 Å². The summed E-state index contributed by atoms with van der Waals surface area (Å²) in [6.45, 7) is 6.65. The molecule has 3 aromatic rings. The minimum Gasteiger partial charge on any atom is -0.394 e. The Kier molecular flexibility index (Phi) is 9.45. The Morgan fingerprint density at radius 1 is 1.13 bits per heavy atom. The lowest BCUT2D eigenvalue weighted by molar-refractivity contribution is -0.126. The number of carbonyl (C=O) groups is 2. The summed E-state index contributed by atoms with van der Waals surface area (Å²) >= 11 is 6.50. The largest absolute Gasteiger partial charge is 0.394 e. The van der Waals surface area contributed by atoms with Crippen molar-refractivity contribution in [2.75, 3.05) is 63.3 Å². The van der Waals surface area contributed by atoms with E-state index in [4.69, 9.17) is 21.3 Å². The van der Waals surface area contributed by atoms with Gasteiger partial charge in [0.05, 0.1) is 35.3 Å². The molecule has 2 amide bonds. The second-order valence-corrected chi connectivity index (χ2v) is 12.3. The second-order valence-electron chi connectivity index (χ2n) is 11.9. The molecule has 2 aromatic heterocycles. The maximum Gasteiger partial charge on any atom is 0.255 e. The molecule has 0 aliphatic carbocycles. The highest BCUT2D eigenvalue weighted by Gasteiger charge is 2.35.